The summed E-state index contributed by atoms with van der Waals surface area (Å²) in [6.45, 7) is 3.99. The van der Waals surface area contributed by atoms with Crippen LogP contribution in [0.1, 0.15) is 24.4 Å². The summed E-state index contributed by atoms with van der Waals surface area (Å²) in [5, 5.41) is 0. The van der Waals surface area contributed by atoms with Crippen LogP contribution in [0.15, 0.2) is 22.9 Å². The average Bonchev–Trinajstić information content (AvgIpc) is 2.43. The number of nitrogens with zero attached hydrogens (tertiary/aromatic N) is 2. The fourth-order valence-electron chi connectivity index (χ4n) is 1.50. The van der Waals surface area contributed by atoms with Crippen molar-refractivity contribution in [3.05, 3.63) is 34.3 Å². The number of hydrogen-bond acceptors (Lipinski definition) is 2. The summed E-state index contributed by atoms with van der Waals surface area (Å²) in [6, 6.07) is 4.04. The number of nitrogens with two attached hydrogens (primary N) is 1. The van der Waals surface area contributed by atoms with Crippen LogP contribution in [-0.4, -0.2) is 9.38 Å². The van der Waals surface area contributed by atoms with Gasteiger partial charge in [-0.15, -0.1) is 0 Å². The molecule has 4 heteroatoms. The Balaban J connectivity index is 2.79. The zero-order valence-corrected chi connectivity index (χ0v) is 9.75. The first-order valence-electron chi connectivity index (χ1n) is 4.49. The van der Waals surface area contributed by atoms with Crippen molar-refractivity contribution in [3.63, 3.8) is 0 Å². The van der Waals surface area contributed by atoms with Gasteiger partial charge in [0.2, 0.25) is 0 Å². The minimum absolute atomic E-state index is 0.0596. The van der Waals surface area contributed by atoms with E-state index in [-0.39, 0.29) is 6.04 Å². The topological polar surface area (TPSA) is 43.3 Å². The van der Waals surface area contributed by atoms with Crippen molar-refractivity contribution in [2.45, 2.75) is 19.9 Å². The van der Waals surface area contributed by atoms with E-state index in [1.165, 1.54) is 5.56 Å². The fourth-order valence-corrected chi connectivity index (χ4v) is 2.00. The molecule has 74 valence electrons. The van der Waals surface area contributed by atoms with Gasteiger partial charge in [-0.1, -0.05) is 6.07 Å². The molecule has 3 nitrogen and oxygen atoms in total. The van der Waals surface area contributed by atoms with E-state index in [4.69, 9.17) is 5.73 Å². The summed E-state index contributed by atoms with van der Waals surface area (Å²) in [7, 11) is 0. The quantitative estimate of drug-likeness (QED) is 0.849. The van der Waals surface area contributed by atoms with Crippen LogP contribution < -0.4 is 5.73 Å². The van der Waals surface area contributed by atoms with E-state index in [2.05, 4.69) is 33.9 Å². The standard InChI is InChI=1S/C10H12BrN3/c1-6-3-4-8-9(11)13-10(7(2)12)14(8)5-6/h3-5,7H,12H2,1-2H3. The van der Waals surface area contributed by atoms with Crippen molar-refractivity contribution in [2.75, 3.05) is 0 Å². The Hall–Kier alpha value is -0.870. The van der Waals surface area contributed by atoms with Crippen molar-refractivity contribution >= 4 is 21.4 Å². The Morgan fingerprint density at radius 2 is 2.21 bits per heavy atom. The lowest BCUT2D eigenvalue weighted by atomic mass is 10.3. The van der Waals surface area contributed by atoms with Gasteiger partial charge in [0.05, 0.1) is 11.6 Å². The predicted octanol–water partition coefficient (Wildman–Crippen LogP) is 2.42. The van der Waals surface area contributed by atoms with Crippen molar-refractivity contribution in [2.24, 2.45) is 5.73 Å². The van der Waals surface area contributed by atoms with Gasteiger partial charge in [-0.2, -0.15) is 0 Å². The van der Waals surface area contributed by atoms with Crippen molar-refractivity contribution < 1.29 is 0 Å². The van der Waals surface area contributed by atoms with Crippen LogP contribution in [-0.2, 0) is 0 Å². The summed E-state index contributed by atoms with van der Waals surface area (Å²) in [6.07, 6.45) is 2.05. The van der Waals surface area contributed by atoms with E-state index < -0.39 is 0 Å². The Labute approximate surface area is 91.1 Å². The van der Waals surface area contributed by atoms with Crippen molar-refractivity contribution in [1.82, 2.24) is 9.38 Å². The molecule has 0 radical (unpaired) electrons. The molecule has 2 aromatic rings. The van der Waals surface area contributed by atoms with Crippen LogP contribution in [0.25, 0.3) is 5.52 Å². The summed E-state index contributed by atoms with van der Waals surface area (Å²) in [5.74, 6) is 0.885. The minimum Gasteiger partial charge on any atom is -0.322 e. The van der Waals surface area contributed by atoms with Gasteiger partial charge < -0.3 is 10.1 Å². The summed E-state index contributed by atoms with van der Waals surface area (Å²) >= 11 is 3.42. The molecule has 1 unspecified atom stereocenters. The van der Waals surface area contributed by atoms with Gasteiger partial charge in [0.15, 0.2) is 0 Å². The Kier molecular flexibility index (Phi) is 2.33. The molecule has 2 aromatic heterocycles. The second-order valence-corrected chi connectivity index (χ2v) is 4.26. The summed E-state index contributed by atoms with van der Waals surface area (Å²) in [5.41, 5.74) is 8.10. The smallest absolute Gasteiger partial charge is 0.132 e. The number of aryl methyl sites for hydroxylation is 1. The Bertz CT molecular complexity index is 473. The minimum atomic E-state index is -0.0596. The molecule has 0 spiro atoms. The molecule has 14 heavy (non-hydrogen) atoms. The Morgan fingerprint density at radius 3 is 2.86 bits per heavy atom. The lowest BCUT2D eigenvalue weighted by molar-refractivity contribution is 0.734. The molecule has 0 aliphatic heterocycles. The van der Waals surface area contributed by atoms with E-state index in [0.29, 0.717) is 0 Å². The SMILES string of the molecule is Cc1ccc2c(Br)nc(C(C)N)n2c1. The van der Waals surface area contributed by atoms with Gasteiger partial charge in [-0.3, -0.25) is 0 Å². The fraction of sp³-hybridized carbons (Fsp3) is 0.300. The Morgan fingerprint density at radius 1 is 1.50 bits per heavy atom. The average molecular weight is 254 g/mol. The first-order chi connectivity index (χ1) is 6.59. The number of rotatable bonds is 1. The molecule has 0 amide bonds. The molecular formula is C10H12BrN3. The van der Waals surface area contributed by atoms with E-state index in [1.54, 1.807) is 0 Å². The molecule has 0 bridgehead atoms. The maximum absolute atomic E-state index is 5.84. The highest BCUT2D eigenvalue weighted by molar-refractivity contribution is 9.10. The largest absolute Gasteiger partial charge is 0.322 e. The molecule has 1 atom stereocenters. The predicted molar refractivity (Wildman–Crippen MR) is 60.2 cm³/mol. The maximum Gasteiger partial charge on any atom is 0.132 e. The van der Waals surface area contributed by atoms with Crippen LogP contribution in [0.4, 0.5) is 0 Å². The molecular weight excluding hydrogens is 242 g/mol. The lowest BCUT2D eigenvalue weighted by Gasteiger charge is -2.04. The highest BCUT2D eigenvalue weighted by Gasteiger charge is 2.11. The first-order valence-corrected chi connectivity index (χ1v) is 5.28. The number of halogens is 1. The second kappa shape index (κ2) is 3.37. The maximum atomic E-state index is 5.84. The van der Waals surface area contributed by atoms with Gasteiger partial charge >= 0.3 is 0 Å². The first kappa shape index (κ1) is 9.68. The van der Waals surface area contributed by atoms with Crippen LogP contribution in [0.2, 0.25) is 0 Å². The van der Waals surface area contributed by atoms with Crippen LogP contribution in [0, 0.1) is 6.92 Å². The summed E-state index contributed by atoms with van der Waals surface area (Å²) in [4.78, 5) is 4.38. The lowest BCUT2D eigenvalue weighted by Crippen LogP contribution is -2.09. The van der Waals surface area contributed by atoms with Gasteiger partial charge in [-0.05, 0) is 41.4 Å². The normalized spacial score (nSPS) is 13.4. The van der Waals surface area contributed by atoms with Gasteiger partial charge in [0.1, 0.15) is 10.4 Å². The van der Waals surface area contributed by atoms with E-state index in [1.807, 2.05) is 23.6 Å². The van der Waals surface area contributed by atoms with Crippen LogP contribution in [0.5, 0.6) is 0 Å². The third-order valence-corrected chi connectivity index (χ3v) is 2.76. The highest BCUT2D eigenvalue weighted by Crippen LogP contribution is 2.22. The third kappa shape index (κ3) is 1.44. The van der Waals surface area contributed by atoms with Gasteiger partial charge in [0.25, 0.3) is 0 Å². The van der Waals surface area contributed by atoms with E-state index >= 15 is 0 Å². The zero-order valence-electron chi connectivity index (χ0n) is 8.16. The molecule has 0 aliphatic rings. The van der Waals surface area contributed by atoms with Crippen molar-refractivity contribution in [3.8, 4) is 0 Å². The van der Waals surface area contributed by atoms with Crippen LogP contribution in [0.3, 0.4) is 0 Å². The monoisotopic (exact) mass is 253 g/mol. The molecule has 0 saturated heterocycles. The third-order valence-electron chi connectivity index (χ3n) is 2.17. The molecule has 2 heterocycles. The molecule has 0 fully saturated rings. The number of aromatic nitrogens is 2. The molecule has 0 aromatic carbocycles. The highest BCUT2D eigenvalue weighted by atomic mass is 79.9. The molecule has 2 rings (SSSR count). The number of fused-ring (bicyclic) bond motifs is 1. The number of hydrogen-bond donors (Lipinski definition) is 1. The molecule has 0 saturated carbocycles. The number of pyridine rings is 1. The van der Waals surface area contributed by atoms with E-state index in [0.717, 1.165) is 15.9 Å². The van der Waals surface area contributed by atoms with Crippen molar-refractivity contribution in [1.29, 1.82) is 0 Å². The van der Waals surface area contributed by atoms with E-state index in [9.17, 15) is 0 Å². The van der Waals surface area contributed by atoms with Gasteiger partial charge in [-0.25, -0.2) is 4.98 Å². The molecule has 0 aliphatic carbocycles. The second-order valence-electron chi connectivity index (χ2n) is 3.51. The zero-order chi connectivity index (χ0) is 10.3. The summed E-state index contributed by atoms with van der Waals surface area (Å²) < 4.78 is 2.88. The number of imidazole rings is 1. The van der Waals surface area contributed by atoms with Crippen LogP contribution >= 0.6 is 15.9 Å². The molecule has 2 N–H and O–H groups in total. The van der Waals surface area contributed by atoms with Gasteiger partial charge in [0, 0.05) is 6.20 Å².